The van der Waals surface area contributed by atoms with Gasteiger partial charge in [-0.15, -0.1) is 0 Å². The zero-order valence-electron chi connectivity index (χ0n) is 9.38. The van der Waals surface area contributed by atoms with Crippen molar-refractivity contribution in [3.05, 3.63) is 34.9 Å². The lowest BCUT2D eigenvalue weighted by Gasteiger charge is -2.28. The van der Waals surface area contributed by atoms with Crippen LogP contribution in [0.4, 0.5) is 13.2 Å². The Morgan fingerprint density at radius 2 is 1.83 bits per heavy atom. The normalized spacial score (nSPS) is 15.2. The van der Waals surface area contributed by atoms with Crippen molar-refractivity contribution in [2.75, 3.05) is 0 Å². The Hall–Kier alpha value is -1.27. The third-order valence-corrected chi connectivity index (χ3v) is 2.81. The third kappa shape index (κ3) is 3.14. The predicted molar refractivity (Wildman–Crippen MR) is 60.4 cm³/mol. The van der Waals surface area contributed by atoms with E-state index in [2.05, 4.69) is 0 Å². The lowest BCUT2D eigenvalue weighted by molar-refractivity contribution is -0.206. The molecule has 7 heteroatoms. The number of rotatable bonds is 4. The molecule has 0 fully saturated rings. The summed E-state index contributed by atoms with van der Waals surface area (Å²) >= 11 is 5.63. The predicted octanol–water partition coefficient (Wildman–Crippen LogP) is 2.84. The minimum atomic E-state index is -4.88. The molecule has 1 atom stereocenters. The van der Waals surface area contributed by atoms with E-state index in [4.69, 9.17) is 16.7 Å². The monoisotopic (exact) mass is 281 g/mol. The van der Waals surface area contributed by atoms with E-state index in [0.717, 1.165) is 0 Å². The first kappa shape index (κ1) is 14.8. The maximum absolute atomic E-state index is 12.7. The Bertz CT molecular complexity index is 433. The van der Waals surface area contributed by atoms with Gasteiger partial charge in [0.05, 0.1) is 0 Å². The van der Waals surface area contributed by atoms with Gasteiger partial charge in [0.2, 0.25) is 5.54 Å². The van der Waals surface area contributed by atoms with Crippen LogP contribution in [-0.4, -0.2) is 22.8 Å². The fourth-order valence-electron chi connectivity index (χ4n) is 1.18. The largest absolute Gasteiger partial charge is 0.480 e. The first-order valence-electron chi connectivity index (χ1n) is 4.96. The number of carbonyl (C=O) groups is 1. The Morgan fingerprint density at radius 1 is 1.33 bits per heavy atom. The number of hydrogen-bond donors (Lipinski definition) is 2. The molecule has 0 aromatic heterocycles. The smallest absolute Gasteiger partial charge is 0.417 e. The third-order valence-electron chi connectivity index (χ3n) is 2.55. The van der Waals surface area contributed by atoms with Crippen molar-refractivity contribution in [1.29, 1.82) is 0 Å². The maximum atomic E-state index is 12.7. The molecule has 0 aliphatic carbocycles. The van der Waals surface area contributed by atoms with Gasteiger partial charge in [0.1, 0.15) is 0 Å². The average Bonchev–Trinajstić information content (AvgIpc) is 2.26. The van der Waals surface area contributed by atoms with E-state index in [1.165, 1.54) is 24.3 Å². The van der Waals surface area contributed by atoms with E-state index in [-0.39, 0.29) is 6.54 Å². The summed E-state index contributed by atoms with van der Waals surface area (Å²) in [7, 11) is 0. The summed E-state index contributed by atoms with van der Waals surface area (Å²) in [6.45, 7) is 0.366. The first-order valence-corrected chi connectivity index (χ1v) is 5.34. The highest BCUT2D eigenvalue weighted by Crippen LogP contribution is 2.30. The summed E-state index contributed by atoms with van der Waals surface area (Å²) in [5, 5.41) is 11.1. The van der Waals surface area contributed by atoms with Crippen LogP contribution in [0, 0.1) is 0 Å². The van der Waals surface area contributed by atoms with Crippen molar-refractivity contribution in [2.45, 2.75) is 25.2 Å². The number of halogens is 4. The topological polar surface area (TPSA) is 49.3 Å². The van der Waals surface area contributed by atoms with Gasteiger partial charge in [0, 0.05) is 11.6 Å². The molecular weight excluding hydrogens is 271 g/mol. The number of benzene rings is 1. The lowest BCUT2D eigenvalue weighted by Crippen LogP contribution is -2.59. The second kappa shape index (κ2) is 5.16. The highest BCUT2D eigenvalue weighted by atomic mass is 35.5. The standard InChI is InChI=1S/C11H11ClF3NO2/c1-10(9(17)18,11(13,14)15)16-6-7-2-4-8(12)5-3-7/h2-5,16H,6H2,1H3,(H,17,18). The molecule has 1 aromatic rings. The molecule has 100 valence electrons. The number of nitrogens with one attached hydrogen (secondary N) is 1. The highest BCUT2D eigenvalue weighted by molar-refractivity contribution is 6.30. The van der Waals surface area contributed by atoms with Gasteiger partial charge < -0.3 is 5.11 Å². The number of carboxylic acid groups (broad SMARTS) is 1. The van der Waals surface area contributed by atoms with Crippen molar-refractivity contribution >= 4 is 17.6 Å². The minimum absolute atomic E-state index is 0.223. The second-order valence-electron chi connectivity index (χ2n) is 3.91. The quantitative estimate of drug-likeness (QED) is 0.892. The number of carboxylic acids is 1. The number of hydrogen-bond acceptors (Lipinski definition) is 2. The summed E-state index contributed by atoms with van der Waals surface area (Å²) < 4.78 is 38.0. The molecule has 1 rings (SSSR count). The van der Waals surface area contributed by atoms with Gasteiger partial charge in [-0.25, -0.2) is 4.79 Å². The molecule has 1 aromatic carbocycles. The molecule has 0 radical (unpaired) electrons. The number of aliphatic carboxylic acids is 1. The lowest BCUT2D eigenvalue weighted by atomic mass is 10.0. The molecule has 0 spiro atoms. The highest BCUT2D eigenvalue weighted by Gasteiger charge is 2.57. The molecule has 0 bridgehead atoms. The Balaban J connectivity index is 2.81. The van der Waals surface area contributed by atoms with Gasteiger partial charge in [0.15, 0.2) is 0 Å². The molecule has 0 saturated heterocycles. The molecule has 0 saturated carbocycles. The maximum Gasteiger partial charge on any atom is 0.417 e. The Kier molecular flexibility index (Phi) is 4.24. The van der Waals surface area contributed by atoms with Crippen LogP contribution in [0.1, 0.15) is 12.5 Å². The molecule has 0 aliphatic heterocycles. The van der Waals surface area contributed by atoms with Gasteiger partial charge >= 0.3 is 12.1 Å². The van der Waals surface area contributed by atoms with Gasteiger partial charge in [0.25, 0.3) is 0 Å². The van der Waals surface area contributed by atoms with E-state index in [1.54, 1.807) is 0 Å². The zero-order chi connectivity index (χ0) is 14.0. The molecule has 1 unspecified atom stereocenters. The molecule has 18 heavy (non-hydrogen) atoms. The van der Waals surface area contributed by atoms with Gasteiger partial charge in [-0.2, -0.15) is 13.2 Å². The van der Waals surface area contributed by atoms with Crippen LogP contribution >= 0.6 is 11.6 Å². The molecule has 2 N–H and O–H groups in total. The van der Waals surface area contributed by atoms with Gasteiger partial charge in [-0.1, -0.05) is 23.7 Å². The summed E-state index contributed by atoms with van der Waals surface area (Å²) in [6, 6.07) is 6.08. The van der Waals surface area contributed by atoms with Crippen molar-refractivity contribution in [1.82, 2.24) is 5.32 Å². The Labute approximate surface area is 107 Å². The summed E-state index contributed by atoms with van der Waals surface area (Å²) in [5.74, 6) is -1.97. The summed E-state index contributed by atoms with van der Waals surface area (Å²) in [6.07, 6.45) is -4.88. The van der Waals surface area contributed by atoms with E-state index < -0.39 is 17.7 Å². The first-order chi connectivity index (χ1) is 8.17. The molecular formula is C11H11ClF3NO2. The summed E-state index contributed by atoms with van der Waals surface area (Å²) in [4.78, 5) is 10.7. The fourth-order valence-corrected chi connectivity index (χ4v) is 1.30. The van der Waals surface area contributed by atoms with Crippen LogP contribution in [0.3, 0.4) is 0 Å². The van der Waals surface area contributed by atoms with Crippen LogP contribution in [0.25, 0.3) is 0 Å². The van der Waals surface area contributed by atoms with Crippen LogP contribution in [-0.2, 0) is 11.3 Å². The van der Waals surface area contributed by atoms with Crippen molar-refractivity contribution < 1.29 is 23.1 Å². The van der Waals surface area contributed by atoms with E-state index >= 15 is 0 Å². The fraction of sp³-hybridized carbons (Fsp3) is 0.364. The van der Waals surface area contributed by atoms with E-state index in [1.807, 2.05) is 5.32 Å². The van der Waals surface area contributed by atoms with Crippen molar-refractivity contribution in [3.63, 3.8) is 0 Å². The van der Waals surface area contributed by atoms with E-state index in [0.29, 0.717) is 17.5 Å². The number of alkyl halides is 3. The van der Waals surface area contributed by atoms with E-state index in [9.17, 15) is 18.0 Å². The zero-order valence-corrected chi connectivity index (χ0v) is 10.1. The molecule has 0 amide bonds. The van der Waals surface area contributed by atoms with Crippen molar-refractivity contribution in [3.8, 4) is 0 Å². The van der Waals surface area contributed by atoms with Gasteiger partial charge in [-0.05, 0) is 24.6 Å². The molecule has 0 heterocycles. The SMILES string of the molecule is CC(NCc1ccc(Cl)cc1)(C(=O)O)C(F)(F)F. The summed E-state index contributed by atoms with van der Waals surface area (Å²) in [5.41, 5.74) is -2.47. The van der Waals surface area contributed by atoms with Crippen LogP contribution in [0.15, 0.2) is 24.3 Å². The van der Waals surface area contributed by atoms with Crippen LogP contribution in [0.5, 0.6) is 0 Å². The van der Waals surface area contributed by atoms with Crippen LogP contribution in [0.2, 0.25) is 5.02 Å². The minimum Gasteiger partial charge on any atom is -0.480 e. The molecule has 3 nitrogen and oxygen atoms in total. The second-order valence-corrected chi connectivity index (χ2v) is 4.34. The van der Waals surface area contributed by atoms with Gasteiger partial charge in [-0.3, -0.25) is 5.32 Å². The average molecular weight is 282 g/mol. The van der Waals surface area contributed by atoms with Crippen LogP contribution < -0.4 is 5.32 Å². The van der Waals surface area contributed by atoms with Crippen molar-refractivity contribution in [2.24, 2.45) is 0 Å². The Morgan fingerprint density at radius 3 is 2.22 bits per heavy atom. The molecule has 0 aliphatic rings.